The van der Waals surface area contributed by atoms with Gasteiger partial charge in [-0.3, -0.25) is 9.59 Å². The third-order valence-corrected chi connectivity index (χ3v) is 4.92. The van der Waals surface area contributed by atoms with Crippen LogP contribution in [0.4, 0.5) is 20.2 Å². The number of anilines is 2. The van der Waals surface area contributed by atoms with Gasteiger partial charge in [-0.25, -0.2) is 8.78 Å². The molecule has 4 rings (SSSR count). The lowest BCUT2D eigenvalue weighted by Gasteiger charge is -2.30. The van der Waals surface area contributed by atoms with E-state index in [0.717, 1.165) is 24.1 Å². The summed E-state index contributed by atoms with van der Waals surface area (Å²) in [6.07, 6.45) is 1.47. The van der Waals surface area contributed by atoms with Crippen molar-refractivity contribution in [3.8, 4) is 0 Å². The van der Waals surface area contributed by atoms with Gasteiger partial charge < -0.3 is 10.2 Å². The molecule has 0 spiro atoms. The van der Waals surface area contributed by atoms with Crippen molar-refractivity contribution in [3.63, 3.8) is 0 Å². The Hall–Kier alpha value is -3.54. The minimum absolute atomic E-state index is 0.114. The number of carbonyl (C=O) groups excluding carboxylic acids is 2. The molecule has 0 atom stereocenters. The minimum atomic E-state index is -0.505. The highest BCUT2D eigenvalue weighted by Crippen LogP contribution is 2.30. The Bertz CT molecular complexity index is 1080. The van der Waals surface area contributed by atoms with Crippen molar-refractivity contribution in [3.05, 3.63) is 95.1 Å². The van der Waals surface area contributed by atoms with Crippen molar-refractivity contribution >= 4 is 23.2 Å². The molecule has 3 aromatic rings. The molecule has 1 heterocycles. The standard InChI is InChI=1S/C23H18F2N2O2/c24-18-10-7-15(8-11-18)23(29)27-13-3-4-16-14-17(9-12-21(16)27)22(28)26-20-6-2-1-5-19(20)25/h1-2,5-12,14H,3-4,13H2,(H,26,28). The van der Waals surface area contributed by atoms with Gasteiger partial charge in [0, 0.05) is 23.4 Å². The summed E-state index contributed by atoms with van der Waals surface area (Å²) in [5.74, 6) is -1.53. The number of aryl methyl sites for hydroxylation is 1. The Kier molecular flexibility index (Phi) is 5.08. The van der Waals surface area contributed by atoms with Gasteiger partial charge in [-0.15, -0.1) is 0 Å². The zero-order valence-electron chi connectivity index (χ0n) is 15.5. The summed E-state index contributed by atoms with van der Waals surface area (Å²) < 4.78 is 26.9. The van der Waals surface area contributed by atoms with Crippen LogP contribution < -0.4 is 10.2 Å². The second-order valence-corrected chi connectivity index (χ2v) is 6.84. The number of hydrogen-bond acceptors (Lipinski definition) is 2. The molecule has 29 heavy (non-hydrogen) atoms. The Morgan fingerprint density at radius 1 is 0.897 bits per heavy atom. The third kappa shape index (κ3) is 3.87. The summed E-state index contributed by atoms with van der Waals surface area (Å²) in [6.45, 7) is 0.546. The Balaban J connectivity index is 1.58. The van der Waals surface area contributed by atoms with E-state index in [1.807, 2.05) is 0 Å². The molecule has 4 nitrogen and oxygen atoms in total. The smallest absolute Gasteiger partial charge is 0.258 e. The number of nitrogens with one attached hydrogen (secondary N) is 1. The number of amides is 2. The molecular formula is C23H18F2N2O2. The largest absolute Gasteiger partial charge is 0.319 e. The van der Waals surface area contributed by atoms with E-state index in [9.17, 15) is 18.4 Å². The normalized spacial score (nSPS) is 13.0. The van der Waals surface area contributed by atoms with Crippen LogP contribution in [0.25, 0.3) is 0 Å². The van der Waals surface area contributed by atoms with Crippen LogP contribution in [-0.2, 0) is 6.42 Å². The van der Waals surface area contributed by atoms with Gasteiger partial charge in [0.05, 0.1) is 5.69 Å². The number of nitrogens with zero attached hydrogens (tertiary/aromatic N) is 1. The highest BCUT2D eigenvalue weighted by atomic mass is 19.1. The van der Waals surface area contributed by atoms with Gasteiger partial charge in [0.25, 0.3) is 11.8 Å². The van der Waals surface area contributed by atoms with Crippen molar-refractivity contribution in [1.29, 1.82) is 0 Å². The zero-order chi connectivity index (χ0) is 20.4. The second-order valence-electron chi connectivity index (χ2n) is 6.84. The maximum atomic E-state index is 13.8. The van der Waals surface area contributed by atoms with E-state index in [2.05, 4.69) is 5.32 Å². The molecule has 0 bridgehead atoms. The molecule has 1 aliphatic heterocycles. The van der Waals surface area contributed by atoms with Crippen molar-refractivity contribution in [2.24, 2.45) is 0 Å². The molecule has 146 valence electrons. The molecule has 1 N–H and O–H groups in total. The quantitative estimate of drug-likeness (QED) is 0.695. The average Bonchev–Trinajstić information content (AvgIpc) is 2.74. The van der Waals surface area contributed by atoms with Crippen molar-refractivity contribution in [2.45, 2.75) is 12.8 Å². The zero-order valence-corrected chi connectivity index (χ0v) is 15.5. The summed E-state index contributed by atoms with van der Waals surface area (Å²) in [5, 5.41) is 2.57. The van der Waals surface area contributed by atoms with Crippen LogP contribution in [0.3, 0.4) is 0 Å². The van der Waals surface area contributed by atoms with Gasteiger partial charge in [0.2, 0.25) is 0 Å². The summed E-state index contributed by atoms with van der Waals surface area (Å²) in [7, 11) is 0. The SMILES string of the molecule is O=C(Nc1ccccc1F)c1ccc2c(c1)CCCN2C(=O)c1ccc(F)cc1. The van der Waals surface area contributed by atoms with E-state index in [1.54, 1.807) is 35.2 Å². The molecular weight excluding hydrogens is 374 g/mol. The monoisotopic (exact) mass is 392 g/mol. The lowest BCUT2D eigenvalue weighted by atomic mass is 9.98. The van der Waals surface area contributed by atoms with Crippen LogP contribution in [0.1, 0.15) is 32.7 Å². The van der Waals surface area contributed by atoms with Crippen molar-refractivity contribution in [1.82, 2.24) is 0 Å². The lowest BCUT2D eigenvalue weighted by Crippen LogP contribution is -2.35. The predicted molar refractivity (Wildman–Crippen MR) is 107 cm³/mol. The second kappa shape index (κ2) is 7.83. The number of para-hydroxylation sites is 1. The first-order chi connectivity index (χ1) is 14.0. The molecule has 0 saturated heterocycles. The number of fused-ring (bicyclic) bond motifs is 1. The predicted octanol–water partition coefficient (Wildman–Crippen LogP) is 4.81. The molecule has 0 radical (unpaired) electrons. The maximum absolute atomic E-state index is 13.8. The topological polar surface area (TPSA) is 49.4 Å². The summed E-state index contributed by atoms with van der Waals surface area (Å²) in [4.78, 5) is 27.0. The molecule has 6 heteroatoms. The first-order valence-electron chi connectivity index (χ1n) is 9.29. The summed E-state index contributed by atoms with van der Waals surface area (Å²) in [5.41, 5.74) is 2.51. The number of hydrogen-bond donors (Lipinski definition) is 1. The van der Waals surface area contributed by atoms with Crippen molar-refractivity contribution < 1.29 is 18.4 Å². The van der Waals surface area contributed by atoms with Gasteiger partial charge in [-0.05, 0) is 73.0 Å². The fraction of sp³-hybridized carbons (Fsp3) is 0.130. The number of halogens is 2. The summed E-state index contributed by atoms with van der Waals surface area (Å²) >= 11 is 0. The van der Waals surface area contributed by atoms with Gasteiger partial charge in [-0.2, -0.15) is 0 Å². The molecule has 0 saturated carbocycles. The number of carbonyl (C=O) groups is 2. The van der Waals surface area contributed by atoms with Gasteiger partial charge >= 0.3 is 0 Å². The first kappa shape index (κ1) is 18.8. The van der Waals surface area contributed by atoms with Crippen molar-refractivity contribution in [2.75, 3.05) is 16.8 Å². The number of benzene rings is 3. The fourth-order valence-electron chi connectivity index (χ4n) is 3.45. The van der Waals surface area contributed by atoms with Crippen LogP contribution in [0, 0.1) is 11.6 Å². The number of rotatable bonds is 3. The molecule has 3 aromatic carbocycles. The Morgan fingerprint density at radius 3 is 2.38 bits per heavy atom. The highest BCUT2D eigenvalue weighted by molar-refractivity contribution is 6.08. The van der Waals surface area contributed by atoms with E-state index in [4.69, 9.17) is 0 Å². The Morgan fingerprint density at radius 2 is 1.62 bits per heavy atom. The van der Waals surface area contributed by atoms with E-state index >= 15 is 0 Å². The molecule has 0 aromatic heterocycles. The molecule has 0 fully saturated rings. The Labute approximate surface area is 166 Å². The van der Waals surface area contributed by atoms with E-state index < -0.39 is 17.5 Å². The van der Waals surface area contributed by atoms with Gasteiger partial charge in [0.15, 0.2) is 0 Å². The molecule has 0 unspecified atom stereocenters. The van der Waals surface area contributed by atoms with Crippen LogP contribution in [0.5, 0.6) is 0 Å². The van der Waals surface area contributed by atoms with Crippen LogP contribution in [0.15, 0.2) is 66.7 Å². The van der Waals surface area contributed by atoms with Crippen LogP contribution in [0.2, 0.25) is 0 Å². The summed E-state index contributed by atoms with van der Waals surface area (Å²) in [6, 6.07) is 16.5. The fourth-order valence-corrected chi connectivity index (χ4v) is 3.45. The van der Waals surface area contributed by atoms with Crippen LogP contribution in [-0.4, -0.2) is 18.4 Å². The first-order valence-corrected chi connectivity index (χ1v) is 9.29. The molecule has 1 aliphatic rings. The van der Waals surface area contributed by atoms with E-state index in [0.29, 0.717) is 17.7 Å². The average molecular weight is 392 g/mol. The van der Waals surface area contributed by atoms with E-state index in [-0.39, 0.29) is 11.6 Å². The highest BCUT2D eigenvalue weighted by Gasteiger charge is 2.24. The van der Waals surface area contributed by atoms with Gasteiger partial charge in [0.1, 0.15) is 11.6 Å². The molecule has 2 amide bonds. The maximum Gasteiger partial charge on any atom is 0.258 e. The van der Waals surface area contributed by atoms with Crippen LogP contribution >= 0.6 is 0 Å². The van der Waals surface area contributed by atoms with Gasteiger partial charge in [-0.1, -0.05) is 12.1 Å². The molecule has 0 aliphatic carbocycles. The third-order valence-electron chi connectivity index (χ3n) is 4.92. The van der Waals surface area contributed by atoms with E-state index in [1.165, 1.54) is 36.4 Å². The minimum Gasteiger partial charge on any atom is -0.319 e. The lowest BCUT2D eigenvalue weighted by molar-refractivity contribution is 0.0984.